The largest absolute Gasteiger partial charge is 0.356 e. The third-order valence-corrected chi connectivity index (χ3v) is 1.51. The predicted octanol–water partition coefficient (Wildman–Crippen LogP) is 0.735. The number of carbonyl (C=O) groups is 1. The minimum atomic E-state index is 0. The number of aryl methyl sites for hydroxylation is 1. The van der Waals surface area contributed by atoms with Crippen LogP contribution in [0.4, 0.5) is 0 Å². The van der Waals surface area contributed by atoms with Gasteiger partial charge in [-0.1, -0.05) is 7.43 Å². The van der Waals surface area contributed by atoms with E-state index in [9.17, 15) is 4.79 Å². The average Bonchev–Trinajstić information content (AvgIpc) is 2.35. The van der Waals surface area contributed by atoms with E-state index >= 15 is 0 Å². The van der Waals surface area contributed by atoms with Crippen molar-refractivity contribution in [2.45, 2.75) is 20.8 Å². The molecule has 0 aliphatic rings. The van der Waals surface area contributed by atoms with Crippen LogP contribution in [-0.4, -0.2) is 22.0 Å². The lowest BCUT2D eigenvalue weighted by Gasteiger charge is -1.97. The summed E-state index contributed by atoms with van der Waals surface area (Å²) in [5.41, 5.74) is 1.01. The predicted molar refractivity (Wildman–Crippen MR) is 52.3 cm³/mol. The van der Waals surface area contributed by atoms with E-state index in [2.05, 4.69) is 10.3 Å². The minimum absolute atomic E-state index is 0. The third kappa shape index (κ3) is 4.30. The lowest BCUT2D eigenvalue weighted by molar-refractivity contribution is -0.118. The molecule has 4 heteroatoms. The number of imidazole rings is 1. The lowest BCUT2D eigenvalue weighted by Crippen LogP contribution is -2.22. The van der Waals surface area contributed by atoms with Gasteiger partial charge in [0.25, 0.3) is 0 Å². The van der Waals surface area contributed by atoms with Crippen LogP contribution in [0.2, 0.25) is 0 Å². The van der Waals surface area contributed by atoms with E-state index in [-0.39, 0.29) is 13.3 Å². The first-order chi connectivity index (χ1) is 5.68. The maximum atomic E-state index is 10.5. The summed E-state index contributed by atoms with van der Waals surface area (Å²) < 4.78 is 1.89. The van der Waals surface area contributed by atoms with Gasteiger partial charge in [0.1, 0.15) is 0 Å². The van der Waals surface area contributed by atoms with Crippen LogP contribution in [0.3, 0.4) is 0 Å². The highest BCUT2D eigenvalue weighted by Crippen LogP contribution is 1.93. The molecule has 1 N–H and O–H groups in total. The van der Waals surface area contributed by atoms with Crippen LogP contribution in [0.25, 0.3) is 0 Å². The molecule has 0 spiro atoms. The highest BCUT2D eigenvalue weighted by molar-refractivity contribution is 5.72. The second-order valence-corrected chi connectivity index (χ2v) is 2.76. The van der Waals surface area contributed by atoms with Gasteiger partial charge < -0.3 is 9.88 Å². The SMILES string of the molecule is C.CC(=O)NCCc1cn(C)cn1. The number of hydrogen-bond acceptors (Lipinski definition) is 2. The summed E-state index contributed by atoms with van der Waals surface area (Å²) in [6.45, 7) is 2.17. The van der Waals surface area contributed by atoms with Gasteiger partial charge in [0.05, 0.1) is 12.0 Å². The molecule has 0 atom stereocenters. The van der Waals surface area contributed by atoms with Crippen LogP contribution in [0, 0.1) is 0 Å². The highest BCUT2D eigenvalue weighted by Gasteiger charge is 1.96. The Morgan fingerprint density at radius 2 is 2.38 bits per heavy atom. The molecule has 0 unspecified atom stereocenters. The van der Waals surface area contributed by atoms with Crippen LogP contribution in [0.1, 0.15) is 20.0 Å². The van der Waals surface area contributed by atoms with Crippen LogP contribution >= 0.6 is 0 Å². The maximum absolute atomic E-state index is 10.5. The fraction of sp³-hybridized carbons (Fsp3) is 0.556. The van der Waals surface area contributed by atoms with Crippen LogP contribution < -0.4 is 5.32 Å². The Morgan fingerprint density at radius 1 is 1.69 bits per heavy atom. The molecule has 0 aliphatic heterocycles. The van der Waals surface area contributed by atoms with E-state index in [0.717, 1.165) is 12.1 Å². The van der Waals surface area contributed by atoms with Crippen molar-refractivity contribution >= 4 is 5.91 Å². The number of nitrogens with one attached hydrogen (secondary N) is 1. The van der Waals surface area contributed by atoms with Gasteiger partial charge in [-0.3, -0.25) is 4.79 Å². The first-order valence-corrected chi connectivity index (χ1v) is 3.90. The molecule has 4 nitrogen and oxygen atoms in total. The van der Waals surface area contributed by atoms with Crippen molar-refractivity contribution in [3.8, 4) is 0 Å². The molecular formula is C9H17N3O. The first-order valence-electron chi connectivity index (χ1n) is 3.90. The van der Waals surface area contributed by atoms with Crippen molar-refractivity contribution < 1.29 is 4.79 Å². The number of carbonyl (C=O) groups excluding carboxylic acids is 1. The summed E-state index contributed by atoms with van der Waals surface area (Å²) in [5, 5.41) is 2.72. The molecule has 0 aliphatic carbocycles. The van der Waals surface area contributed by atoms with E-state index in [1.165, 1.54) is 6.92 Å². The second-order valence-electron chi connectivity index (χ2n) is 2.76. The molecular weight excluding hydrogens is 166 g/mol. The molecule has 1 aromatic heterocycles. The number of nitrogens with zero attached hydrogens (tertiary/aromatic N) is 2. The van der Waals surface area contributed by atoms with Crippen molar-refractivity contribution in [2.75, 3.05) is 6.54 Å². The van der Waals surface area contributed by atoms with Crippen LogP contribution in [0.5, 0.6) is 0 Å². The summed E-state index contributed by atoms with van der Waals surface area (Å²) in [7, 11) is 1.93. The number of hydrogen-bond donors (Lipinski definition) is 1. The Hall–Kier alpha value is -1.32. The van der Waals surface area contributed by atoms with Gasteiger partial charge in [-0.05, 0) is 0 Å². The van der Waals surface area contributed by atoms with Gasteiger partial charge >= 0.3 is 0 Å². The Kier molecular flexibility index (Phi) is 4.80. The molecule has 0 saturated carbocycles. The summed E-state index contributed by atoms with van der Waals surface area (Å²) in [6, 6.07) is 0. The van der Waals surface area contributed by atoms with Crippen molar-refractivity contribution in [3.05, 3.63) is 18.2 Å². The van der Waals surface area contributed by atoms with E-state index in [1.807, 2.05) is 17.8 Å². The molecule has 1 amide bonds. The quantitative estimate of drug-likeness (QED) is 0.751. The zero-order valence-corrected chi connectivity index (χ0v) is 7.37. The Labute approximate surface area is 79.0 Å². The molecule has 0 fully saturated rings. The minimum Gasteiger partial charge on any atom is -0.356 e. The molecule has 0 aromatic carbocycles. The number of rotatable bonds is 3. The normalized spacial score (nSPS) is 9.08. The molecule has 1 heterocycles. The fourth-order valence-corrected chi connectivity index (χ4v) is 0.963. The van der Waals surface area contributed by atoms with Crippen LogP contribution in [0.15, 0.2) is 12.5 Å². The van der Waals surface area contributed by atoms with Gasteiger partial charge in [0, 0.05) is 33.1 Å². The monoisotopic (exact) mass is 183 g/mol. The molecule has 13 heavy (non-hydrogen) atoms. The summed E-state index contributed by atoms with van der Waals surface area (Å²) >= 11 is 0. The van der Waals surface area contributed by atoms with E-state index in [0.29, 0.717) is 6.54 Å². The van der Waals surface area contributed by atoms with Gasteiger partial charge in [-0.2, -0.15) is 0 Å². The Bertz CT molecular complexity index is 268. The molecule has 1 aromatic rings. The van der Waals surface area contributed by atoms with Crippen molar-refractivity contribution in [1.82, 2.24) is 14.9 Å². The Balaban J connectivity index is 0.00000144. The average molecular weight is 183 g/mol. The van der Waals surface area contributed by atoms with E-state index in [1.54, 1.807) is 6.33 Å². The fourth-order valence-electron chi connectivity index (χ4n) is 0.963. The van der Waals surface area contributed by atoms with Crippen LogP contribution in [-0.2, 0) is 18.3 Å². The first kappa shape index (κ1) is 11.7. The van der Waals surface area contributed by atoms with Gasteiger partial charge in [-0.25, -0.2) is 4.98 Å². The topological polar surface area (TPSA) is 46.9 Å². The number of aromatic nitrogens is 2. The molecule has 74 valence electrons. The summed E-state index contributed by atoms with van der Waals surface area (Å²) in [4.78, 5) is 14.6. The second kappa shape index (κ2) is 5.35. The molecule has 0 radical (unpaired) electrons. The lowest BCUT2D eigenvalue weighted by atomic mass is 10.3. The van der Waals surface area contributed by atoms with Gasteiger partial charge in [0.2, 0.25) is 5.91 Å². The summed E-state index contributed by atoms with van der Waals surface area (Å²) in [5.74, 6) is 0.00549. The molecule has 0 bridgehead atoms. The van der Waals surface area contributed by atoms with E-state index in [4.69, 9.17) is 0 Å². The van der Waals surface area contributed by atoms with Gasteiger partial charge in [-0.15, -0.1) is 0 Å². The Morgan fingerprint density at radius 3 is 2.85 bits per heavy atom. The zero-order chi connectivity index (χ0) is 8.97. The van der Waals surface area contributed by atoms with Crippen molar-refractivity contribution in [2.24, 2.45) is 7.05 Å². The number of amides is 1. The van der Waals surface area contributed by atoms with Crippen molar-refractivity contribution in [3.63, 3.8) is 0 Å². The van der Waals surface area contributed by atoms with Crippen molar-refractivity contribution in [1.29, 1.82) is 0 Å². The molecule has 0 saturated heterocycles. The van der Waals surface area contributed by atoms with Gasteiger partial charge in [0.15, 0.2) is 0 Å². The maximum Gasteiger partial charge on any atom is 0.216 e. The standard InChI is InChI=1S/C8H13N3O.CH4/c1-7(12)9-4-3-8-5-11(2)6-10-8;/h5-6H,3-4H2,1-2H3,(H,9,12);1H4. The van der Waals surface area contributed by atoms with E-state index < -0.39 is 0 Å². The zero-order valence-electron chi connectivity index (χ0n) is 7.37. The third-order valence-electron chi connectivity index (χ3n) is 1.51. The highest BCUT2D eigenvalue weighted by atomic mass is 16.1. The smallest absolute Gasteiger partial charge is 0.216 e. The molecule has 1 rings (SSSR count). The summed E-state index contributed by atoms with van der Waals surface area (Å²) in [6.07, 6.45) is 4.49.